The molecule has 4 amide bonds. The van der Waals surface area contributed by atoms with Gasteiger partial charge >= 0.3 is 5.97 Å². The van der Waals surface area contributed by atoms with Gasteiger partial charge in [0.1, 0.15) is 18.1 Å². The Morgan fingerprint density at radius 3 is 1.86 bits per heavy atom. The minimum atomic E-state index is -1.49. The number of carbonyl (C=O) groups excluding carboxylic acids is 4. The predicted octanol–water partition coefficient (Wildman–Crippen LogP) is -3.21. The molecule has 0 aromatic rings. The van der Waals surface area contributed by atoms with Crippen LogP contribution in [-0.4, -0.2) is 70.6 Å². The summed E-state index contributed by atoms with van der Waals surface area (Å²) in [5.41, 5.74) is 10.2. The van der Waals surface area contributed by atoms with Gasteiger partial charge in [-0.15, -0.1) is 0 Å². The highest BCUT2D eigenvalue weighted by atomic mass is 16.4. The van der Waals surface area contributed by atoms with Gasteiger partial charge in [-0.2, -0.15) is 0 Å². The van der Waals surface area contributed by atoms with Gasteiger partial charge in [-0.25, -0.2) is 4.79 Å². The summed E-state index contributed by atoms with van der Waals surface area (Å²) in [5.74, 6) is -4.79. The van der Waals surface area contributed by atoms with Crippen molar-refractivity contribution in [2.75, 3.05) is 6.54 Å². The molecule has 0 heterocycles. The summed E-state index contributed by atoms with van der Waals surface area (Å²) in [4.78, 5) is 58.4. The molecule has 0 aromatic carbocycles. The number of nitrogens with one attached hydrogen (secondary N) is 3. The Morgan fingerprint density at radius 1 is 0.929 bits per heavy atom. The lowest BCUT2D eigenvalue weighted by molar-refractivity contribution is -0.143. The Labute approximate surface area is 162 Å². The zero-order chi connectivity index (χ0) is 22.0. The van der Waals surface area contributed by atoms with E-state index in [0.717, 1.165) is 0 Å². The van der Waals surface area contributed by atoms with E-state index in [2.05, 4.69) is 16.0 Å². The van der Waals surface area contributed by atoms with Crippen molar-refractivity contribution in [2.24, 2.45) is 17.4 Å². The van der Waals surface area contributed by atoms with Crippen LogP contribution in [0.4, 0.5) is 0 Å². The second-order valence-electron chi connectivity index (χ2n) is 6.62. The number of carboxylic acid groups (broad SMARTS) is 1. The van der Waals surface area contributed by atoms with Gasteiger partial charge in [0.05, 0.1) is 12.6 Å². The van der Waals surface area contributed by atoms with E-state index in [1.807, 2.05) is 0 Å². The van der Waals surface area contributed by atoms with E-state index in [0.29, 0.717) is 0 Å². The SMILES string of the molecule is CC(C)C(NC(=O)CN)C(=O)NC(C(=O)NC(CCC(N)=O)C(=O)O)C(C)O. The molecular formula is C16H29N5O7. The van der Waals surface area contributed by atoms with Gasteiger partial charge in [-0.1, -0.05) is 13.8 Å². The summed E-state index contributed by atoms with van der Waals surface area (Å²) in [6.45, 7) is 4.20. The van der Waals surface area contributed by atoms with Gasteiger partial charge in [0, 0.05) is 6.42 Å². The van der Waals surface area contributed by atoms with E-state index < -0.39 is 53.8 Å². The lowest BCUT2D eigenvalue weighted by Crippen LogP contribution is -2.60. The van der Waals surface area contributed by atoms with Crippen LogP contribution < -0.4 is 27.4 Å². The van der Waals surface area contributed by atoms with Crippen LogP contribution in [0.1, 0.15) is 33.6 Å². The number of aliphatic hydroxyl groups excluding tert-OH is 1. The van der Waals surface area contributed by atoms with Crippen molar-refractivity contribution in [1.82, 2.24) is 16.0 Å². The molecule has 12 nitrogen and oxygen atoms in total. The highest BCUT2D eigenvalue weighted by molar-refractivity contribution is 5.94. The van der Waals surface area contributed by atoms with Crippen molar-refractivity contribution in [1.29, 1.82) is 0 Å². The lowest BCUT2D eigenvalue weighted by Gasteiger charge is -2.27. The molecular weight excluding hydrogens is 374 g/mol. The van der Waals surface area contributed by atoms with Gasteiger partial charge in [0.2, 0.25) is 23.6 Å². The van der Waals surface area contributed by atoms with Crippen LogP contribution in [0.15, 0.2) is 0 Å². The normalized spacial score (nSPS) is 15.1. The smallest absolute Gasteiger partial charge is 0.326 e. The second-order valence-corrected chi connectivity index (χ2v) is 6.62. The molecule has 0 aliphatic rings. The molecule has 160 valence electrons. The van der Waals surface area contributed by atoms with Crippen LogP contribution in [-0.2, 0) is 24.0 Å². The van der Waals surface area contributed by atoms with Crippen molar-refractivity contribution in [2.45, 2.75) is 57.8 Å². The zero-order valence-corrected chi connectivity index (χ0v) is 16.1. The molecule has 0 aliphatic carbocycles. The maximum absolute atomic E-state index is 12.5. The third kappa shape index (κ3) is 8.77. The van der Waals surface area contributed by atoms with E-state index >= 15 is 0 Å². The summed E-state index contributed by atoms with van der Waals surface area (Å²) in [6.07, 6.45) is -1.89. The zero-order valence-electron chi connectivity index (χ0n) is 16.1. The summed E-state index contributed by atoms with van der Waals surface area (Å²) in [6, 6.07) is -3.94. The molecule has 0 bridgehead atoms. The Balaban J connectivity index is 5.23. The molecule has 0 saturated heterocycles. The van der Waals surface area contributed by atoms with Crippen LogP contribution in [0.25, 0.3) is 0 Å². The van der Waals surface area contributed by atoms with Crippen molar-refractivity contribution in [3.63, 3.8) is 0 Å². The minimum absolute atomic E-state index is 0.252. The molecule has 0 aliphatic heterocycles. The maximum atomic E-state index is 12.5. The summed E-state index contributed by atoms with van der Waals surface area (Å²) in [5, 5.41) is 25.8. The van der Waals surface area contributed by atoms with Crippen LogP contribution in [0, 0.1) is 5.92 Å². The number of primary amides is 1. The molecule has 4 unspecified atom stereocenters. The van der Waals surface area contributed by atoms with Crippen LogP contribution in [0.2, 0.25) is 0 Å². The van der Waals surface area contributed by atoms with Crippen LogP contribution in [0.5, 0.6) is 0 Å². The first kappa shape index (κ1) is 25.3. The highest BCUT2D eigenvalue weighted by Gasteiger charge is 2.33. The average Bonchev–Trinajstić information content (AvgIpc) is 2.59. The first-order valence-corrected chi connectivity index (χ1v) is 8.70. The quantitative estimate of drug-likeness (QED) is 0.175. The lowest BCUT2D eigenvalue weighted by atomic mass is 10.0. The highest BCUT2D eigenvalue weighted by Crippen LogP contribution is 2.05. The first-order chi connectivity index (χ1) is 12.9. The molecule has 12 heteroatoms. The standard InChI is InChI=1S/C16H29N5O7/c1-7(2)12(20-11(24)6-17)14(25)21-13(8(3)22)15(26)19-9(16(27)28)4-5-10(18)23/h7-9,12-13,22H,4-6,17H2,1-3H3,(H2,18,23)(H,19,26)(H,20,24)(H,21,25)(H,27,28). The maximum Gasteiger partial charge on any atom is 0.326 e. The number of hydrogen-bond donors (Lipinski definition) is 7. The first-order valence-electron chi connectivity index (χ1n) is 8.70. The number of nitrogens with two attached hydrogens (primary N) is 2. The third-order valence-corrected chi connectivity index (χ3v) is 3.81. The molecule has 0 fully saturated rings. The summed E-state index contributed by atoms with van der Waals surface area (Å²) in [7, 11) is 0. The van der Waals surface area contributed by atoms with Gasteiger partial charge in [0.15, 0.2) is 0 Å². The van der Waals surface area contributed by atoms with Gasteiger partial charge in [-0.3, -0.25) is 19.2 Å². The topological polar surface area (TPSA) is 214 Å². The molecule has 28 heavy (non-hydrogen) atoms. The van der Waals surface area contributed by atoms with E-state index in [-0.39, 0.29) is 25.3 Å². The van der Waals surface area contributed by atoms with Crippen molar-refractivity contribution < 1.29 is 34.2 Å². The van der Waals surface area contributed by atoms with Crippen molar-refractivity contribution in [3.05, 3.63) is 0 Å². The van der Waals surface area contributed by atoms with Gasteiger partial charge in [0.25, 0.3) is 0 Å². The van der Waals surface area contributed by atoms with E-state index in [1.54, 1.807) is 13.8 Å². The fourth-order valence-electron chi connectivity index (χ4n) is 2.22. The number of amides is 4. The van der Waals surface area contributed by atoms with Gasteiger partial charge in [-0.05, 0) is 19.3 Å². The second kappa shape index (κ2) is 11.9. The van der Waals surface area contributed by atoms with Crippen LogP contribution >= 0.6 is 0 Å². The Hall–Kier alpha value is -2.73. The number of hydrogen-bond acceptors (Lipinski definition) is 7. The van der Waals surface area contributed by atoms with Crippen molar-refractivity contribution >= 4 is 29.6 Å². The predicted molar refractivity (Wildman–Crippen MR) is 97.4 cm³/mol. The number of aliphatic carboxylic acids is 1. The Bertz CT molecular complexity index is 594. The van der Waals surface area contributed by atoms with Crippen LogP contribution in [0.3, 0.4) is 0 Å². The third-order valence-electron chi connectivity index (χ3n) is 3.81. The number of carboxylic acids is 1. The van der Waals surface area contributed by atoms with E-state index in [4.69, 9.17) is 16.6 Å². The summed E-state index contributed by atoms with van der Waals surface area (Å²) >= 11 is 0. The molecule has 0 radical (unpaired) electrons. The molecule has 0 aromatic heterocycles. The fourth-order valence-corrected chi connectivity index (χ4v) is 2.22. The molecule has 9 N–H and O–H groups in total. The molecule has 0 rings (SSSR count). The van der Waals surface area contributed by atoms with Gasteiger partial charge < -0.3 is 37.6 Å². The van der Waals surface area contributed by atoms with Crippen molar-refractivity contribution in [3.8, 4) is 0 Å². The summed E-state index contributed by atoms with van der Waals surface area (Å²) < 4.78 is 0. The Morgan fingerprint density at radius 2 is 1.46 bits per heavy atom. The molecule has 0 spiro atoms. The number of aliphatic hydroxyl groups is 1. The largest absolute Gasteiger partial charge is 0.480 e. The fraction of sp³-hybridized carbons (Fsp3) is 0.688. The number of carbonyl (C=O) groups is 5. The minimum Gasteiger partial charge on any atom is -0.480 e. The average molecular weight is 403 g/mol. The Kier molecular flexibility index (Phi) is 10.7. The monoisotopic (exact) mass is 403 g/mol. The molecule has 0 saturated carbocycles. The van der Waals surface area contributed by atoms with E-state index in [1.165, 1.54) is 6.92 Å². The van der Waals surface area contributed by atoms with E-state index in [9.17, 15) is 29.1 Å². The number of rotatable bonds is 12. The molecule has 4 atom stereocenters.